The summed E-state index contributed by atoms with van der Waals surface area (Å²) in [4.78, 5) is 35.8. The number of nitrogens with one attached hydrogen (secondary N) is 2. The Balaban J connectivity index is 1.49. The molecule has 1 aromatic carbocycles. The summed E-state index contributed by atoms with van der Waals surface area (Å²) in [5.41, 5.74) is 2.02. The van der Waals surface area contributed by atoms with Crippen molar-refractivity contribution in [3.8, 4) is 0 Å². The van der Waals surface area contributed by atoms with Gasteiger partial charge in [0.05, 0.1) is 6.33 Å². The van der Waals surface area contributed by atoms with E-state index in [-0.39, 0.29) is 30.2 Å². The Kier molecular flexibility index (Phi) is 4.37. The Labute approximate surface area is 152 Å². The maximum atomic E-state index is 13.5. The molecule has 0 aliphatic carbocycles. The number of carbonyl (C=O) groups excluding carboxylic acids is 1. The van der Waals surface area contributed by atoms with Gasteiger partial charge in [0.25, 0.3) is 5.56 Å². The van der Waals surface area contributed by atoms with Crippen molar-refractivity contribution in [2.45, 2.75) is 19.5 Å². The van der Waals surface area contributed by atoms with Crippen LogP contribution in [0.3, 0.4) is 0 Å². The normalized spacial score (nSPS) is 11.1. The predicted molar refractivity (Wildman–Crippen MR) is 98.5 cm³/mol. The Morgan fingerprint density at radius 1 is 1.22 bits per heavy atom. The van der Waals surface area contributed by atoms with E-state index in [1.165, 1.54) is 23.0 Å². The Hall–Kier alpha value is -3.55. The molecule has 3 heterocycles. The lowest BCUT2D eigenvalue weighted by atomic mass is 10.2. The fourth-order valence-electron chi connectivity index (χ4n) is 2.93. The van der Waals surface area contributed by atoms with Crippen LogP contribution in [0.25, 0.3) is 21.9 Å². The first-order valence-electron chi connectivity index (χ1n) is 8.44. The van der Waals surface area contributed by atoms with Gasteiger partial charge in [-0.1, -0.05) is 0 Å². The Bertz CT molecular complexity index is 1180. The summed E-state index contributed by atoms with van der Waals surface area (Å²) in [5, 5.41) is 3.36. The smallest absolute Gasteiger partial charge is 0.277 e. The SMILES string of the molecule is O=C(CCn1cnc2c([nH]c3ccc(F)cc32)c1=O)NCc1ccncc1. The first kappa shape index (κ1) is 16.9. The van der Waals surface area contributed by atoms with Gasteiger partial charge in [-0.05, 0) is 35.9 Å². The van der Waals surface area contributed by atoms with Crippen LogP contribution in [0.1, 0.15) is 12.0 Å². The van der Waals surface area contributed by atoms with Crippen molar-refractivity contribution in [2.24, 2.45) is 0 Å². The summed E-state index contributed by atoms with van der Waals surface area (Å²) in [6.07, 6.45) is 4.86. The molecule has 0 fully saturated rings. The zero-order chi connectivity index (χ0) is 18.8. The van der Waals surface area contributed by atoms with Gasteiger partial charge >= 0.3 is 0 Å². The number of aromatic nitrogens is 4. The van der Waals surface area contributed by atoms with Crippen LogP contribution < -0.4 is 10.9 Å². The minimum atomic E-state index is -0.389. The molecule has 7 nitrogen and oxygen atoms in total. The van der Waals surface area contributed by atoms with Gasteiger partial charge in [-0.3, -0.25) is 19.1 Å². The third kappa shape index (κ3) is 3.41. The van der Waals surface area contributed by atoms with Crippen molar-refractivity contribution in [3.05, 3.63) is 70.8 Å². The lowest BCUT2D eigenvalue weighted by Crippen LogP contribution is -2.27. The Morgan fingerprint density at radius 3 is 2.85 bits per heavy atom. The number of rotatable bonds is 5. The van der Waals surface area contributed by atoms with Crippen molar-refractivity contribution in [2.75, 3.05) is 0 Å². The summed E-state index contributed by atoms with van der Waals surface area (Å²) >= 11 is 0. The second-order valence-electron chi connectivity index (χ2n) is 6.16. The second-order valence-corrected chi connectivity index (χ2v) is 6.16. The minimum absolute atomic E-state index is 0.146. The van der Waals surface area contributed by atoms with Gasteiger partial charge < -0.3 is 10.3 Å². The van der Waals surface area contributed by atoms with E-state index in [4.69, 9.17) is 0 Å². The van der Waals surface area contributed by atoms with Crippen LogP contribution in [0.2, 0.25) is 0 Å². The number of amides is 1. The summed E-state index contributed by atoms with van der Waals surface area (Å²) in [7, 11) is 0. The van der Waals surface area contributed by atoms with Crippen LogP contribution in [0, 0.1) is 5.82 Å². The largest absolute Gasteiger partial charge is 0.352 e. The number of H-pyrrole nitrogens is 1. The van der Waals surface area contributed by atoms with E-state index in [9.17, 15) is 14.0 Å². The lowest BCUT2D eigenvalue weighted by Gasteiger charge is -2.07. The fourth-order valence-corrected chi connectivity index (χ4v) is 2.93. The van der Waals surface area contributed by atoms with Crippen LogP contribution in [0.4, 0.5) is 4.39 Å². The molecule has 0 bridgehead atoms. The van der Waals surface area contributed by atoms with Gasteiger partial charge in [-0.2, -0.15) is 0 Å². The van der Waals surface area contributed by atoms with E-state index < -0.39 is 0 Å². The van der Waals surface area contributed by atoms with Crippen LogP contribution >= 0.6 is 0 Å². The van der Waals surface area contributed by atoms with Crippen LogP contribution in [0.15, 0.2) is 53.8 Å². The number of nitrogens with zero attached hydrogens (tertiary/aromatic N) is 3. The van der Waals surface area contributed by atoms with Gasteiger partial charge in [0.1, 0.15) is 16.9 Å². The highest BCUT2D eigenvalue weighted by Gasteiger charge is 2.12. The summed E-state index contributed by atoms with van der Waals surface area (Å²) in [5.74, 6) is -0.558. The van der Waals surface area contributed by atoms with Crippen LogP contribution in [0.5, 0.6) is 0 Å². The number of aryl methyl sites for hydroxylation is 1. The van der Waals surface area contributed by atoms with E-state index in [0.717, 1.165) is 5.56 Å². The van der Waals surface area contributed by atoms with Crippen molar-refractivity contribution >= 4 is 27.8 Å². The van der Waals surface area contributed by atoms with E-state index in [1.54, 1.807) is 18.5 Å². The van der Waals surface area contributed by atoms with Gasteiger partial charge in [0.2, 0.25) is 5.91 Å². The van der Waals surface area contributed by atoms with Crippen LogP contribution in [-0.2, 0) is 17.9 Å². The first-order valence-corrected chi connectivity index (χ1v) is 8.44. The summed E-state index contributed by atoms with van der Waals surface area (Å²) in [6, 6.07) is 7.88. The monoisotopic (exact) mass is 365 g/mol. The molecule has 0 radical (unpaired) electrons. The van der Waals surface area contributed by atoms with Crippen molar-refractivity contribution in [1.29, 1.82) is 0 Å². The third-order valence-corrected chi connectivity index (χ3v) is 4.35. The highest BCUT2D eigenvalue weighted by Crippen LogP contribution is 2.22. The molecule has 2 N–H and O–H groups in total. The van der Waals surface area contributed by atoms with E-state index in [2.05, 4.69) is 20.3 Å². The van der Waals surface area contributed by atoms with E-state index >= 15 is 0 Å². The van der Waals surface area contributed by atoms with Gasteiger partial charge in [-0.25, -0.2) is 9.37 Å². The van der Waals surface area contributed by atoms with Gasteiger partial charge in [-0.15, -0.1) is 0 Å². The number of carbonyl (C=O) groups is 1. The lowest BCUT2D eigenvalue weighted by molar-refractivity contribution is -0.121. The number of benzene rings is 1. The summed E-state index contributed by atoms with van der Waals surface area (Å²) in [6.45, 7) is 0.606. The van der Waals surface area contributed by atoms with Gasteiger partial charge in [0, 0.05) is 42.8 Å². The molecule has 0 aliphatic heterocycles. The number of hydrogen-bond acceptors (Lipinski definition) is 4. The zero-order valence-electron chi connectivity index (χ0n) is 14.3. The maximum Gasteiger partial charge on any atom is 0.277 e. The number of hydrogen-bond donors (Lipinski definition) is 2. The predicted octanol–water partition coefficient (Wildman–Crippen LogP) is 2.12. The molecular formula is C19H16FN5O2. The topological polar surface area (TPSA) is 92.7 Å². The molecule has 0 saturated heterocycles. The molecule has 4 rings (SSSR count). The van der Waals surface area contributed by atoms with Crippen molar-refractivity contribution < 1.29 is 9.18 Å². The van der Waals surface area contributed by atoms with E-state index in [0.29, 0.717) is 28.5 Å². The number of aromatic amines is 1. The molecule has 0 spiro atoms. The minimum Gasteiger partial charge on any atom is -0.352 e. The molecular weight excluding hydrogens is 349 g/mol. The number of pyridine rings is 1. The highest BCUT2D eigenvalue weighted by molar-refractivity contribution is 6.04. The summed E-state index contributed by atoms with van der Waals surface area (Å²) < 4.78 is 14.8. The maximum absolute atomic E-state index is 13.5. The van der Waals surface area contributed by atoms with Gasteiger partial charge in [0.15, 0.2) is 0 Å². The fraction of sp³-hybridized carbons (Fsp3) is 0.158. The molecule has 3 aromatic heterocycles. The third-order valence-electron chi connectivity index (χ3n) is 4.35. The molecule has 0 atom stereocenters. The average Bonchev–Trinajstić information content (AvgIpc) is 3.05. The Morgan fingerprint density at radius 2 is 2.04 bits per heavy atom. The first-order chi connectivity index (χ1) is 13.1. The number of halogens is 1. The number of fused-ring (bicyclic) bond motifs is 3. The molecule has 8 heteroatoms. The standard InChI is InChI=1S/C19H16FN5O2/c20-13-1-2-15-14(9-13)17-18(24-15)19(27)25(11-23-17)8-5-16(26)22-10-12-3-6-21-7-4-12/h1-4,6-7,9,11,24H,5,8,10H2,(H,22,26). The molecule has 136 valence electrons. The zero-order valence-corrected chi connectivity index (χ0v) is 14.3. The molecule has 0 unspecified atom stereocenters. The molecule has 4 aromatic rings. The quantitative estimate of drug-likeness (QED) is 0.567. The molecule has 27 heavy (non-hydrogen) atoms. The van der Waals surface area contributed by atoms with Crippen LogP contribution in [-0.4, -0.2) is 25.4 Å². The van der Waals surface area contributed by atoms with Crippen molar-refractivity contribution in [3.63, 3.8) is 0 Å². The average molecular weight is 365 g/mol. The highest BCUT2D eigenvalue weighted by atomic mass is 19.1. The molecule has 1 amide bonds. The molecule has 0 aliphatic rings. The van der Waals surface area contributed by atoms with E-state index in [1.807, 2.05) is 12.1 Å². The van der Waals surface area contributed by atoms with Crippen molar-refractivity contribution in [1.82, 2.24) is 24.8 Å². The molecule has 0 saturated carbocycles. The second kappa shape index (κ2) is 6.99.